The molecule has 1 aliphatic rings. The molecule has 2 aromatic heterocycles. The molecular weight excluding hydrogens is 565 g/mol. The lowest BCUT2D eigenvalue weighted by Gasteiger charge is -2.25. The molecule has 0 N–H and O–H groups in total. The number of aromatic nitrogens is 1. The Morgan fingerprint density at radius 3 is 2.69 bits per heavy atom. The highest BCUT2D eigenvalue weighted by Gasteiger charge is 2.34. The van der Waals surface area contributed by atoms with Gasteiger partial charge >= 0.3 is 5.97 Å². The predicted octanol–water partition coefficient (Wildman–Crippen LogP) is 5.27. The van der Waals surface area contributed by atoms with E-state index in [1.165, 1.54) is 22.8 Å². The van der Waals surface area contributed by atoms with Crippen molar-refractivity contribution >= 4 is 52.3 Å². The zero-order chi connectivity index (χ0) is 27.8. The first-order chi connectivity index (χ1) is 18.7. The van der Waals surface area contributed by atoms with Gasteiger partial charge in [-0.15, -0.1) is 0 Å². The smallest absolute Gasteiger partial charge is 0.338 e. The number of hydrogen-bond donors (Lipinski definition) is 0. The molecule has 0 aliphatic carbocycles. The highest BCUT2D eigenvalue weighted by molar-refractivity contribution is 7.07. The first kappa shape index (κ1) is 26.6. The van der Waals surface area contributed by atoms with Crippen LogP contribution in [0.4, 0.5) is 5.69 Å². The van der Waals surface area contributed by atoms with Gasteiger partial charge in [0.1, 0.15) is 17.6 Å². The monoisotopic (exact) mass is 583 g/mol. The van der Waals surface area contributed by atoms with Crippen molar-refractivity contribution in [2.75, 3.05) is 6.61 Å². The lowest BCUT2D eigenvalue weighted by molar-refractivity contribution is -0.384. The Morgan fingerprint density at radius 2 is 1.97 bits per heavy atom. The fourth-order valence-electron chi connectivity index (χ4n) is 4.30. The molecule has 1 atom stereocenters. The van der Waals surface area contributed by atoms with Crippen LogP contribution in [0, 0.1) is 10.1 Å². The van der Waals surface area contributed by atoms with Crippen molar-refractivity contribution < 1.29 is 18.9 Å². The number of esters is 1. The first-order valence-corrected chi connectivity index (χ1v) is 13.2. The van der Waals surface area contributed by atoms with Gasteiger partial charge in [0.25, 0.3) is 11.2 Å². The zero-order valence-corrected chi connectivity index (χ0v) is 22.8. The third kappa shape index (κ3) is 4.94. The van der Waals surface area contributed by atoms with Gasteiger partial charge in [-0.2, -0.15) is 0 Å². The Labute approximate surface area is 235 Å². The van der Waals surface area contributed by atoms with E-state index in [0.717, 1.165) is 11.3 Å². The molecule has 4 aromatic rings. The van der Waals surface area contributed by atoms with E-state index in [1.54, 1.807) is 56.3 Å². The topological polar surface area (TPSA) is 117 Å². The third-order valence-corrected chi connectivity index (χ3v) is 7.70. The molecule has 0 unspecified atom stereocenters. The number of fused-ring (bicyclic) bond motifs is 1. The van der Waals surface area contributed by atoms with Crippen molar-refractivity contribution in [2.24, 2.45) is 4.99 Å². The molecule has 12 heteroatoms. The number of hydrogen-bond acceptors (Lipinski definition) is 8. The average molecular weight is 584 g/mol. The number of non-ortho nitro benzene ring substituents is 1. The van der Waals surface area contributed by atoms with Crippen LogP contribution in [0.5, 0.6) is 0 Å². The lowest BCUT2D eigenvalue weighted by atomic mass is 9.96. The molecule has 0 fully saturated rings. The summed E-state index contributed by atoms with van der Waals surface area (Å²) in [4.78, 5) is 42.3. The summed E-state index contributed by atoms with van der Waals surface area (Å²) in [6.45, 7) is 3.55. The minimum Gasteiger partial charge on any atom is -0.463 e. The summed E-state index contributed by atoms with van der Waals surface area (Å²) in [6.07, 6.45) is 1.55. The molecule has 0 saturated heterocycles. The molecule has 9 nitrogen and oxygen atoms in total. The lowest BCUT2D eigenvalue weighted by Crippen LogP contribution is -2.40. The van der Waals surface area contributed by atoms with Gasteiger partial charge < -0.3 is 9.15 Å². The second-order valence-corrected chi connectivity index (χ2v) is 10.3. The third-order valence-electron chi connectivity index (χ3n) is 6.04. The summed E-state index contributed by atoms with van der Waals surface area (Å²) in [5.41, 5.74) is 1.03. The molecule has 3 heterocycles. The number of nitrogens with zero attached hydrogens (tertiary/aromatic N) is 3. The number of thiazole rings is 1. The van der Waals surface area contributed by atoms with E-state index in [9.17, 15) is 19.7 Å². The number of carbonyl (C=O) groups is 1. The highest BCUT2D eigenvalue weighted by atomic mass is 35.5. The molecule has 0 amide bonds. The van der Waals surface area contributed by atoms with Gasteiger partial charge in [0.15, 0.2) is 4.80 Å². The number of allylic oxidation sites excluding steroid dienone is 1. The molecule has 198 valence electrons. The van der Waals surface area contributed by atoms with Gasteiger partial charge in [-0.1, -0.05) is 52.7 Å². The zero-order valence-electron chi connectivity index (χ0n) is 20.5. The first-order valence-electron chi connectivity index (χ1n) is 11.7. The molecular formula is C27H19Cl2N3O6S. The number of nitro benzene ring substituents is 1. The maximum Gasteiger partial charge on any atom is 0.338 e. The van der Waals surface area contributed by atoms with E-state index in [0.29, 0.717) is 42.7 Å². The fraction of sp³-hybridized carbons (Fsp3) is 0.148. The second-order valence-electron chi connectivity index (χ2n) is 8.45. The summed E-state index contributed by atoms with van der Waals surface area (Å²) >= 11 is 13.9. The van der Waals surface area contributed by atoms with Crippen LogP contribution in [0.3, 0.4) is 0 Å². The van der Waals surface area contributed by atoms with Crippen molar-refractivity contribution in [1.82, 2.24) is 4.57 Å². The normalized spacial score (nSPS) is 15.2. The quantitative estimate of drug-likeness (QED) is 0.173. The molecule has 2 aromatic carbocycles. The SMILES string of the molecule is CCOC(=O)C1=C(C)N=c2s/c(=C\c3ccc(-c4cc([N+](=O)[O-])ccc4Cl)o3)c(=O)n2[C@H]1c1ccccc1Cl. The highest BCUT2D eigenvalue weighted by Crippen LogP contribution is 2.35. The summed E-state index contributed by atoms with van der Waals surface area (Å²) in [6, 6.07) is 13.4. The second kappa shape index (κ2) is 10.6. The molecule has 0 radical (unpaired) electrons. The minimum absolute atomic E-state index is 0.131. The van der Waals surface area contributed by atoms with Crippen LogP contribution in [-0.4, -0.2) is 22.1 Å². The number of rotatable bonds is 6. The van der Waals surface area contributed by atoms with E-state index < -0.39 is 22.5 Å². The Bertz CT molecular complexity index is 1850. The molecule has 0 spiro atoms. The Kier molecular flexibility index (Phi) is 7.26. The predicted molar refractivity (Wildman–Crippen MR) is 148 cm³/mol. The molecule has 39 heavy (non-hydrogen) atoms. The number of benzene rings is 2. The largest absolute Gasteiger partial charge is 0.463 e. The number of carbonyl (C=O) groups excluding carboxylic acids is 1. The number of nitro groups is 1. The Morgan fingerprint density at radius 1 is 1.21 bits per heavy atom. The molecule has 0 saturated carbocycles. The van der Waals surface area contributed by atoms with Crippen LogP contribution < -0.4 is 14.9 Å². The number of furan rings is 1. The Balaban J connectivity index is 1.64. The van der Waals surface area contributed by atoms with Gasteiger partial charge in [0, 0.05) is 28.8 Å². The summed E-state index contributed by atoms with van der Waals surface area (Å²) in [5, 5.41) is 11.9. The number of halogens is 2. The maximum absolute atomic E-state index is 13.7. The van der Waals surface area contributed by atoms with Crippen LogP contribution in [0.25, 0.3) is 17.4 Å². The number of ether oxygens (including phenoxy) is 1. The summed E-state index contributed by atoms with van der Waals surface area (Å²) in [5.74, 6) is 0.0491. The fourth-order valence-corrected chi connectivity index (χ4v) is 5.78. The standard InChI is InChI=1S/C27H19Cl2N3O6S/c1-3-37-26(34)23-14(2)30-27-31(24(23)17-6-4-5-7-19(17)28)25(33)22(39-27)13-16-9-11-21(38-16)18-12-15(32(35)36)8-10-20(18)29/h4-13,24H,3H2,1-2H3/b22-13-/t24-/m0/s1. The van der Waals surface area contributed by atoms with Gasteiger partial charge in [-0.3, -0.25) is 19.5 Å². The van der Waals surface area contributed by atoms with E-state index in [1.807, 2.05) is 0 Å². The van der Waals surface area contributed by atoms with Crippen molar-refractivity contribution in [1.29, 1.82) is 0 Å². The summed E-state index contributed by atoms with van der Waals surface area (Å²) in [7, 11) is 0. The van der Waals surface area contributed by atoms with Crippen LogP contribution in [0.15, 0.2) is 80.1 Å². The van der Waals surface area contributed by atoms with E-state index in [2.05, 4.69) is 4.99 Å². The van der Waals surface area contributed by atoms with Crippen LogP contribution >= 0.6 is 34.5 Å². The molecule has 1 aliphatic heterocycles. The van der Waals surface area contributed by atoms with Gasteiger partial charge in [0.05, 0.1) is 32.4 Å². The van der Waals surface area contributed by atoms with E-state index in [4.69, 9.17) is 32.4 Å². The van der Waals surface area contributed by atoms with E-state index >= 15 is 0 Å². The van der Waals surface area contributed by atoms with E-state index in [-0.39, 0.29) is 22.9 Å². The maximum atomic E-state index is 13.7. The van der Waals surface area contributed by atoms with Gasteiger partial charge in [-0.05, 0) is 43.7 Å². The van der Waals surface area contributed by atoms with Crippen molar-refractivity contribution in [3.63, 3.8) is 0 Å². The molecule has 5 rings (SSSR count). The van der Waals surface area contributed by atoms with Gasteiger partial charge in [0.2, 0.25) is 0 Å². The average Bonchev–Trinajstić information content (AvgIpc) is 3.48. The Hall–Kier alpha value is -3.99. The van der Waals surface area contributed by atoms with Crippen molar-refractivity contribution in [3.8, 4) is 11.3 Å². The van der Waals surface area contributed by atoms with Crippen LogP contribution in [-0.2, 0) is 9.53 Å². The summed E-state index contributed by atoms with van der Waals surface area (Å²) < 4.78 is 12.9. The minimum atomic E-state index is -0.841. The van der Waals surface area contributed by atoms with Crippen molar-refractivity contribution in [3.05, 3.63) is 117 Å². The van der Waals surface area contributed by atoms with Gasteiger partial charge in [-0.25, -0.2) is 9.79 Å². The van der Waals surface area contributed by atoms with Crippen LogP contribution in [0.2, 0.25) is 10.0 Å². The van der Waals surface area contributed by atoms with Crippen molar-refractivity contribution in [2.45, 2.75) is 19.9 Å². The molecule has 0 bridgehead atoms. The van der Waals surface area contributed by atoms with Crippen LogP contribution in [0.1, 0.15) is 31.2 Å².